The van der Waals surface area contributed by atoms with E-state index in [1.54, 1.807) is 0 Å². The topological polar surface area (TPSA) is 63.6 Å². The van der Waals surface area contributed by atoms with Crippen molar-refractivity contribution in [2.24, 2.45) is 5.92 Å². The highest BCUT2D eigenvalue weighted by molar-refractivity contribution is 5.79. The molecular weight excluding hydrogens is 412 g/mol. The smallest absolute Gasteiger partial charge is 0.309 e. The van der Waals surface area contributed by atoms with Crippen molar-refractivity contribution in [2.75, 3.05) is 6.61 Å². The first kappa shape index (κ1) is 31.7. The number of allylic oxidation sites excluding steroid dienone is 2. The summed E-state index contributed by atoms with van der Waals surface area (Å²) in [6.45, 7) is 4.59. The molecule has 0 aliphatic carbocycles. The molecule has 33 heavy (non-hydrogen) atoms. The number of carbonyl (C=O) groups excluding carboxylic acids is 1. The van der Waals surface area contributed by atoms with E-state index in [0.29, 0.717) is 13.0 Å². The summed E-state index contributed by atoms with van der Waals surface area (Å²) in [5.74, 6) is -1.75. The Morgan fingerprint density at radius 1 is 0.667 bits per heavy atom. The zero-order valence-electron chi connectivity index (χ0n) is 22.0. The summed E-state index contributed by atoms with van der Waals surface area (Å²) in [7, 11) is 0. The zero-order valence-corrected chi connectivity index (χ0v) is 22.0. The fourth-order valence-corrected chi connectivity index (χ4v) is 4.18. The van der Waals surface area contributed by atoms with Crippen LogP contribution in [0.3, 0.4) is 0 Å². The number of rotatable bonds is 25. The van der Waals surface area contributed by atoms with Crippen LogP contribution in [-0.4, -0.2) is 23.7 Å². The molecule has 1 atom stereocenters. The van der Waals surface area contributed by atoms with Gasteiger partial charge in [0.15, 0.2) is 0 Å². The summed E-state index contributed by atoms with van der Waals surface area (Å²) in [6, 6.07) is 0. The summed E-state index contributed by atoms with van der Waals surface area (Å²) in [4.78, 5) is 23.0. The van der Waals surface area contributed by atoms with Gasteiger partial charge in [-0.05, 0) is 38.5 Å². The minimum Gasteiger partial charge on any atom is -0.481 e. The van der Waals surface area contributed by atoms with Crippen LogP contribution >= 0.6 is 0 Å². The number of esters is 1. The van der Waals surface area contributed by atoms with Gasteiger partial charge in [-0.1, -0.05) is 116 Å². The molecule has 0 bridgehead atoms. The molecule has 0 aliphatic rings. The lowest BCUT2D eigenvalue weighted by atomic mass is 9.97. The normalized spacial score (nSPS) is 12.3. The molecule has 0 spiro atoms. The van der Waals surface area contributed by atoms with E-state index in [4.69, 9.17) is 9.84 Å². The van der Waals surface area contributed by atoms with Crippen LogP contribution in [0.5, 0.6) is 0 Å². The second-order valence-electron chi connectivity index (χ2n) is 9.60. The summed E-state index contributed by atoms with van der Waals surface area (Å²) in [5, 5.41) is 9.01. The Morgan fingerprint density at radius 3 is 1.58 bits per heavy atom. The Balaban J connectivity index is 3.46. The Hall–Kier alpha value is -1.32. The number of carboxylic acids is 1. The van der Waals surface area contributed by atoms with E-state index in [9.17, 15) is 9.59 Å². The third-order valence-electron chi connectivity index (χ3n) is 6.27. The van der Waals surface area contributed by atoms with Crippen molar-refractivity contribution in [3.8, 4) is 0 Å². The lowest BCUT2D eigenvalue weighted by molar-refractivity contribution is -0.153. The Kier molecular flexibility index (Phi) is 24.3. The van der Waals surface area contributed by atoms with E-state index in [0.717, 1.165) is 19.3 Å². The fraction of sp³-hybridized carbons (Fsp3) is 0.862. The molecular formula is C29H54O4. The van der Waals surface area contributed by atoms with Crippen LogP contribution in [0.15, 0.2) is 12.2 Å². The molecule has 0 aromatic heterocycles. The number of aliphatic carboxylic acids is 1. The SMILES string of the molecule is CCCCCCCCCC/C=C/CCCCCCCCCCC(CC(=O)O)C(=O)OCCC. The molecule has 0 rings (SSSR count). The van der Waals surface area contributed by atoms with Crippen molar-refractivity contribution in [1.82, 2.24) is 0 Å². The molecule has 0 fully saturated rings. The maximum atomic E-state index is 12.0. The zero-order chi connectivity index (χ0) is 24.4. The molecule has 0 aliphatic heterocycles. The first-order valence-corrected chi connectivity index (χ1v) is 14.1. The number of ether oxygens (including phenoxy) is 1. The number of hydrogen-bond donors (Lipinski definition) is 1. The Morgan fingerprint density at radius 2 is 1.12 bits per heavy atom. The average molecular weight is 467 g/mol. The average Bonchev–Trinajstić information content (AvgIpc) is 2.80. The van der Waals surface area contributed by atoms with Crippen LogP contribution in [0.1, 0.15) is 149 Å². The van der Waals surface area contributed by atoms with Crippen molar-refractivity contribution < 1.29 is 19.4 Å². The molecule has 0 amide bonds. The molecule has 0 saturated heterocycles. The molecule has 1 N–H and O–H groups in total. The monoisotopic (exact) mass is 466 g/mol. The summed E-state index contributed by atoms with van der Waals surface area (Å²) in [6.07, 6.45) is 29.2. The first-order chi connectivity index (χ1) is 16.1. The lowest BCUT2D eigenvalue weighted by Gasteiger charge is -2.13. The molecule has 194 valence electrons. The van der Waals surface area contributed by atoms with Gasteiger partial charge < -0.3 is 9.84 Å². The predicted molar refractivity (Wildman–Crippen MR) is 140 cm³/mol. The van der Waals surface area contributed by atoms with Crippen molar-refractivity contribution in [3.05, 3.63) is 12.2 Å². The highest BCUT2D eigenvalue weighted by Gasteiger charge is 2.22. The first-order valence-electron chi connectivity index (χ1n) is 14.1. The van der Waals surface area contributed by atoms with Crippen molar-refractivity contribution >= 4 is 11.9 Å². The van der Waals surface area contributed by atoms with Crippen molar-refractivity contribution in [1.29, 1.82) is 0 Å². The van der Waals surface area contributed by atoms with Gasteiger partial charge in [-0.3, -0.25) is 9.59 Å². The number of carbonyl (C=O) groups is 2. The predicted octanol–water partition coefficient (Wildman–Crippen LogP) is 9.02. The Labute approximate surface area is 204 Å². The molecule has 0 aromatic rings. The number of carboxylic acid groups (broad SMARTS) is 1. The van der Waals surface area contributed by atoms with E-state index < -0.39 is 11.9 Å². The Bertz CT molecular complexity index is 472. The molecule has 4 nitrogen and oxygen atoms in total. The maximum Gasteiger partial charge on any atom is 0.309 e. The van der Waals surface area contributed by atoms with Gasteiger partial charge in [0.05, 0.1) is 18.9 Å². The van der Waals surface area contributed by atoms with Crippen molar-refractivity contribution in [2.45, 2.75) is 149 Å². The highest BCUT2D eigenvalue weighted by atomic mass is 16.5. The second-order valence-corrected chi connectivity index (χ2v) is 9.60. The van der Waals surface area contributed by atoms with Crippen LogP contribution in [0.2, 0.25) is 0 Å². The summed E-state index contributed by atoms with van der Waals surface area (Å²) < 4.78 is 5.14. The van der Waals surface area contributed by atoms with Crippen LogP contribution in [0.25, 0.3) is 0 Å². The van der Waals surface area contributed by atoms with Gasteiger partial charge in [0.2, 0.25) is 0 Å². The van der Waals surface area contributed by atoms with Gasteiger partial charge in [0.25, 0.3) is 0 Å². The van der Waals surface area contributed by atoms with Gasteiger partial charge >= 0.3 is 11.9 Å². The molecule has 0 heterocycles. The van der Waals surface area contributed by atoms with Crippen molar-refractivity contribution in [3.63, 3.8) is 0 Å². The number of unbranched alkanes of at least 4 members (excludes halogenated alkanes) is 16. The van der Waals surface area contributed by atoms with Crippen LogP contribution in [-0.2, 0) is 14.3 Å². The number of hydrogen-bond acceptors (Lipinski definition) is 3. The van der Waals surface area contributed by atoms with Crippen LogP contribution < -0.4 is 0 Å². The van der Waals surface area contributed by atoms with E-state index in [1.807, 2.05) is 6.92 Å². The van der Waals surface area contributed by atoms with Gasteiger partial charge in [0.1, 0.15) is 0 Å². The molecule has 1 unspecified atom stereocenters. The van der Waals surface area contributed by atoms with Gasteiger partial charge in [0, 0.05) is 0 Å². The maximum absolute atomic E-state index is 12.0. The molecule has 0 saturated carbocycles. The fourth-order valence-electron chi connectivity index (χ4n) is 4.18. The minimum atomic E-state index is -0.920. The summed E-state index contributed by atoms with van der Waals surface area (Å²) >= 11 is 0. The molecule has 0 aromatic carbocycles. The van der Waals surface area contributed by atoms with E-state index >= 15 is 0 Å². The van der Waals surface area contributed by atoms with Crippen LogP contribution in [0.4, 0.5) is 0 Å². The third kappa shape index (κ3) is 23.6. The van der Waals surface area contributed by atoms with E-state index in [-0.39, 0.29) is 12.4 Å². The largest absolute Gasteiger partial charge is 0.481 e. The van der Waals surface area contributed by atoms with Gasteiger partial charge in [-0.2, -0.15) is 0 Å². The van der Waals surface area contributed by atoms with Gasteiger partial charge in [-0.25, -0.2) is 0 Å². The molecule has 4 heteroatoms. The minimum absolute atomic E-state index is 0.115. The van der Waals surface area contributed by atoms with Crippen LogP contribution in [0, 0.1) is 5.92 Å². The van der Waals surface area contributed by atoms with E-state index in [1.165, 1.54) is 103 Å². The third-order valence-corrected chi connectivity index (χ3v) is 6.27. The van der Waals surface area contributed by atoms with Gasteiger partial charge in [-0.15, -0.1) is 0 Å². The van der Waals surface area contributed by atoms with E-state index in [2.05, 4.69) is 19.1 Å². The standard InChI is InChI=1S/C29H54O4/c1-3-5-6-7-8-9-10-11-12-13-14-15-16-17-18-19-20-21-22-23-24-27(26-28(30)31)29(32)33-25-4-2/h13-14,27H,3-12,15-26H2,1-2H3,(H,30,31)/b14-13+. The summed E-state index contributed by atoms with van der Waals surface area (Å²) in [5.41, 5.74) is 0. The second kappa shape index (κ2) is 25.3. The lowest BCUT2D eigenvalue weighted by Crippen LogP contribution is -2.21. The highest BCUT2D eigenvalue weighted by Crippen LogP contribution is 2.18. The molecule has 0 radical (unpaired) electrons. The quantitative estimate of drug-likeness (QED) is 0.0828.